The molecule has 0 fully saturated rings. The van der Waals surface area contributed by atoms with E-state index in [1.54, 1.807) is 0 Å². The highest BCUT2D eigenvalue weighted by Crippen LogP contribution is 2.12. The van der Waals surface area contributed by atoms with E-state index in [1.807, 2.05) is 30.3 Å². The zero-order valence-corrected chi connectivity index (χ0v) is 17.8. The Morgan fingerprint density at radius 3 is 2.07 bits per heavy atom. The molecule has 0 aromatic heterocycles. The van der Waals surface area contributed by atoms with Gasteiger partial charge >= 0.3 is 0 Å². The molecule has 1 atom stereocenters. The Balaban J connectivity index is 1.96. The van der Waals surface area contributed by atoms with Crippen molar-refractivity contribution in [3.05, 3.63) is 35.9 Å². The Morgan fingerprint density at radius 2 is 1.50 bits per heavy atom. The van der Waals surface area contributed by atoms with Crippen molar-refractivity contribution in [3.63, 3.8) is 0 Å². The fourth-order valence-corrected chi connectivity index (χ4v) is 3.28. The lowest BCUT2D eigenvalue weighted by Crippen LogP contribution is -2.40. The second kappa shape index (κ2) is 17.7. The summed E-state index contributed by atoms with van der Waals surface area (Å²) in [4.78, 5) is 12.0. The van der Waals surface area contributed by atoms with Crippen LogP contribution in [-0.2, 0) is 16.1 Å². The number of aliphatic hydroxyl groups excluding tert-OH is 1. The van der Waals surface area contributed by atoms with Crippen molar-refractivity contribution in [3.8, 4) is 0 Å². The number of carbonyl (C=O) groups excluding carboxylic acids is 1. The fraction of sp³-hybridized carbons (Fsp3) is 0.708. The number of nitrogens with one attached hydrogen (secondary N) is 1. The number of amides is 1. The van der Waals surface area contributed by atoms with Gasteiger partial charge in [-0.25, -0.2) is 0 Å². The summed E-state index contributed by atoms with van der Waals surface area (Å²) in [6.45, 7) is 2.98. The number of unbranched alkanes of at least 4 members (excludes halogenated alkanes) is 10. The number of hydrogen-bond donors (Lipinski definition) is 2. The van der Waals surface area contributed by atoms with Gasteiger partial charge in [-0.05, 0) is 12.0 Å². The van der Waals surface area contributed by atoms with Crippen molar-refractivity contribution < 1.29 is 14.6 Å². The summed E-state index contributed by atoms with van der Waals surface area (Å²) < 4.78 is 5.61. The van der Waals surface area contributed by atoms with Crippen LogP contribution in [-0.4, -0.2) is 30.3 Å². The fourth-order valence-electron chi connectivity index (χ4n) is 3.28. The first kappa shape index (κ1) is 24.6. The topological polar surface area (TPSA) is 58.6 Å². The number of carbonyl (C=O) groups is 1. The van der Waals surface area contributed by atoms with Crippen molar-refractivity contribution in [1.29, 1.82) is 0 Å². The molecule has 0 radical (unpaired) electrons. The van der Waals surface area contributed by atoms with Crippen LogP contribution < -0.4 is 5.32 Å². The molecule has 0 saturated heterocycles. The summed E-state index contributed by atoms with van der Waals surface area (Å²) >= 11 is 0. The monoisotopic (exact) mass is 391 g/mol. The van der Waals surface area contributed by atoms with Crippen LogP contribution in [0.25, 0.3) is 0 Å². The largest absolute Gasteiger partial charge is 0.394 e. The van der Waals surface area contributed by atoms with E-state index in [2.05, 4.69) is 12.2 Å². The van der Waals surface area contributed by atoms with Crippen molar-refractivity contribution >= 4 is 5.91 Å². The van der Waals surface area contributed by atoms with Crippen LogP contribution in [0.15, 0.2) is 30.3 Å². The predicted octanol–water partition coefficient (Wildman–Crippen LogP) is 5.38. The van der Waals surface area contributed by atoms with Gasteiger partial charge in [0.2, 0.25) is 5.91 Å². The molecule has 1 rings (SSSR count). The molecule has 2 N–H and O–H groups in total. The minimum Gasteiger partial charge on any atom is -0.394 e. The van der Waals surface area contributed by atoms with Crippen LogP contribution >= 0.6 is 0 Å². The van der Waals surface area contributed by atoms with E-state index in [-0.39, 0.29) is 18.6 Å². The minimum atomic E-state index is -0.330. The van der Waals surface area contributed by atoms with Gasteiger partial charge in [0.1, 0.15) is 0 Å². The Bertz CT molecular complexity index is 478. The average molecular weight is 392 g/mol. The molecule has 1 aromatic carbocycles. The molecule has 0 bridgehead atoms. The Labute approximate surface area is 172 Å². The number of aliphatic hydroxyl groups is 1. The number of rotatable bonds is 18. The van der Waals surface area contributed by atoms with Gasteiger partial charge in [0.05, 0.1) is 25.9 Å². The van der Waals surface area contributed by atoms with Gasteiger partial charge in [-0.3, -0.25) is 4.79 Å². The molecular formula is C24H41NO3. The summed E-state index contributed by atoms with van der Waals surface area (Å²) in [6.07, 6.45) is 14.6. The molecule has 160 valence electrons. The van der Waals surface area contributed by atoms with E-state index in [4.69, 9.17) is 4.74 Å². The molecular weight excluding hydrogens is 350 g/mol. The first-order chi connectivity index (χ1) is 13.8. The number of ether oxygens (including phenoxy) is 1. The van der Waals surface area contributed by atoms with E-state index < -0.39 is 0 Å². The molecule has 28 heavy (non-hydrogen) atoms. The number of hydrogen-bond acceptors (Lipinski definition) is 3. The average Bonchev–Trinajstić information content (AvgIpc) is 2.72. The quantitative estimate of drug-likeness (QED) is 0.330. The molecule has 1 aromatic rings. The van der Waals surface area contributed by atoms with Crippen molar-refractivity contribution in [2.24, 2.45) is 0 Å². The van der Waals surface area contributed by atoms with E-state index in [0.717, 1.165) is 18.4 Å². The van der Waals surface area contributed by atoms with Crippen LogP contribution in [0, 0.1) is 0 Å². The molecule has 0 heterocycles. The van der Waals surface area contributed by atoms with Gasteiger partial charge in [0.15, 0.2) is 0 Å². The lowest BCUT2D eigenvalue weighted by Gasteiger charge is -2.16. The van der Waals surface area contributed by atoms with E-state index in [9.17, 15) is 9.90 Å². The SMILES string of the molecule is CCCCCCCCCCCCCC(=O)NC(CO)COCc1ccccc1. The van der Waals surface area contributed by atoms with Crippen molar-refractivity contribution in [1.82, 2.24) is 5.32 Å². The maximum Gasteiger partial charge on any atom is 0.220 e. The van der Waals surface area contributed by atoms with Gasteiger partial charge in [-0.2, -0.15) is 0 Å². The standard InChI is InChI=1S/C24H41NO3/c1-2-3-4-5-6-7-8-9-10-11-15-18-24(27)25-23(19-26)21-28-20-22-16-13-12-14-17-22/h12-14,16-17,23,26H,2-11,15,18-21H2,1H3,(H,25,27). The highest BCUT2D eigenvalue weighted by molar-refractivity contribution is 5.76. The minimum absolute atomic E-state index is 0.0123. The lowest BCUT2D eigenvalue weighted by molar-refractivity contribution is -0.122. The van der Waals surface area contributed by atoms with Gasteiger partial charge in [-0.15, -0.1) is 0 Å². The first-order valence-electron chi connectivity index (χ1n) is 11.3. The maximum atomic E-state index is 12.0. The molecule has 0 spiro atoms. The zero-order chi connectivity index (χ0) is 20.3. The summed E-state index contributed by atoms with van der Waals surface area (Å²) in [6, 6.07) is 9.58. The highest BCUT2D eigenvalue weighted by Gasteiger charge is 2.11. The van der Waals surface area contributed by atoms with Gasteiger partial charge in [0, 0.05) is 6.42 Å². The van der Waals surface area contributed by atoms with Crippen LogP contribution in [0.4, 0.5) is 0 Å². The smallest absolute Gasteiger partial charge is 0.220 e. The van der Waals surface area contributed by atoms with E-state index in [1.165, 1.54) is 57.8 Å². The van der Waals surface area contributed by atoms with E-state index in [0.29, 0.717) is 19.6 Å². The molecule has 4 heteroatoms. The first-order valence-corrected chi connectivity index (χ1v) is 11.3. The van der Waals surface area contributed by atoms with Crippen LogP contribution in [0.3, 0.4) is 0 Å². The lowest BCUT2D eigenvalue weighted by atomic mass is 10.1. The Hall–Kier alpha value is -1.39. The van der Waals surface area contributed by atoms with Crippen molar-refractivity contribution in [2.45, 2.75) is 96.6 Å². The third kappa shape index (κ3) is 13.7. The highest BCUT2D eigenvalue weighted by atomic mass is 16.5. The van der Waals surface area contributed by atoms with Crippen LogP contribution in [0.2, 0.25) is 0 Å². The van der Waals surface area contributed by atoms with Gasteiger partial charge in [-0.1, -0.05) is 101 Å². The molecule has 0 aliphatic heterocycles. The molecule has 0 aliphatic carbocycles. The summed E-state index contributed by atoms with van der Waals surface area (Å²) in [5, 5.41) is 12.3. The molecule has 0 saturated carbocycles. The third-order valence-electron chi connectivity index (χ3n) is 5.02. The van der Waals surface area contributed by atoms with Gasteiger partial charge < -0.3 is 15.2 Å². The third-order valence-corrected chi connectivity index (χ3v) is 5.02. The second-order valence-electron chi connectivity index (χ2n) is 7.73. The van der Waals surface area contributed by atoms with Crippen LogP contribution in [0.1, 0.15) is 89.5 Å². The maximum absolute atomic E-state index is 12.0. The second-order valence-corrected chi connectivity index (χ2v) is 7.73. The Morgan fingerprint density at radius 1 is 0.929 bits per heavy atom. The summed E-state index contributed by atoms with van der Waals surface area (Å²) in [7, 11) is 0. The molecule has 0 aliphatic rings. The van der Waals surface area contributed by atoms with Crippen molar-refractivity contribution in [2.75, 3.05) is 13.2 Å². The summed E-state index contributed by atoms with van der Waals surface area (Å²) in [5.74, 6) is 0.0123. The molecule has 4 nitrogen and oxygen atoms in total. The van der Waals surface area contributed by atoms with E-state index >= 15 is 0 Å². The Kier molecular flexibility index (Phi) is 15.6. The normalized spacial score (nSPS) is 12.1. The molecule has 1 amide bonds. The zero-order valence-electron chi connectivity index (χ0n) is 17.8. The van der Waals surface area contributed by atoms with Gasteiger partial charge in [0.25, 0.3) is 0 Å². The predicted molar refractivity (Wildman–Crippen MR) is 116 cm³/mol. The number of benzene rings is 1. The summed E-state index contributed by atoms with van der Waals surface area (Å²) in [5.41, 5.74) is 1.09. The molecule has 1 unspecified atom stereocenters. The van der Waals surface area contributed by atoms with Crippen LogP contribution in [0.5, 0.6) is 0 Å².